The highest BCUT2D eigenvalue weighted by atomic mass is 35.5. The summed E-state index contributed by atoms with van der Waals surface area (Å²) in [5, 5.41) is 5.24. The van der Waals surface area contributed by atoms with Crippen molar-refractivity contribution in [3.63, 3.8) is 0 Å². The Morgan fingerprint density at radius 1 is 0.744 bits per heavy atom. The van der Waals surface area contributed by atoms with E-state index >= 15 is 0 Å². The van der Waals surface area contributed by atoms with Crippen LogP contribution in [-0.4, -0.2) is 44.0 Å². The van der Waals surface area contributed by atoms with Crippen molar-refractivity contribution in [1.29, 1.82) is 0 Å². The third kappa shape index (κ3) is 5.01. The van der Waals surface area contributed by atoms with Gasteiger partial charge in [-0.25, -0.2) is 8.42 Å². The number of rotatable bonds is 6. The minimum atomic E-state index is -2.60. The number of hydrogen-bond donors (Lipinski definition) is 5. The summed E-state index contributed by atoms with van der Waals surface area (Å²) in [7, 11) is 0. The maximum Gasteiger partial charge on any atom is 0.232 e. The molecule has 0 radical (unpaired) electrons. The van der Waals surface area contributed by atoms with Crippen LogP contribution in [0.2, 0.25) is 10.6 Å². The van der Waals surface area contributed by atoms with Crippen LogP contribution >= 0.6 is 23.2 Å². The summed E-state index contributed by atoms with van der Waals surface area (Å²) < 4.78 is 43.6. The Hall–Kier alpha value is -3.79. The lowest BCUT2D eigenvalue weighted by Crippen LogP contribution is -2.24. The summed E-state index contributed by atoms with van der Waals surface area (Å²) >= 11 is 6.59. The number of ketones is 2. The van der Waals surface area contributed by atoms with Crippen LogP contribution in [0.25, 0.3) is 0 Å². The quantitative estimate of drug-likeness (QED) is 0.137. The molecule has 198 valence electrons. The molecule has 2 unspecified atom stereocenters. The molecule has 0 bridgehead atoms. The van der Waals surface area contributed by atoms with Gasteiger partial charge in [0.2, 0.25) is 16.5 Å². The molecule has 0 fully saturated rings. The van der Waals surface area contributed by atoms with Crippen molar-refractivity contribution in [1.82, 2.24) is 15.0 Å². The molecule has 0 aliphatic heterocycles. The van der Waals surface area contributed by atoms with Gasteiger partial charge >= 0.3 is 0 Å². The van der Waals surface area contributed by atoms with E-state index < -0.39 is 33.7 Å². The summed E-state index contributed by atoms with van der Waals surface area (Å²) in [5.41, 5.74) is 6.09. The van der Waals surface area contributed by atoms with Crippen molar-refractivity contribution in [2.24, 2.45) is 0 Å². The van der Waals surface area contributed by atoms with E-state index in [1.54, 1.807) is 12.1 Å². The van der Waals surface area contributed by atoms with Crippen LogP contribution < -0.4 is 16.4 Å². The summed E-state index contributed by atoms with van der Waals surface area (Å²) in [5.74, 6) is -1.22. The SMILES string of the molecule is Nc1c(S(=O)O)cc(Nc2ccc(S(=O)O)c(Nc3nc(Cl)nc(Cl)n3)c2)c2c1C(=O)c1ccccc1C2=O. The second-order valence-corrected chi connectivity index (χ2v) is 10.5. The third-order valence-corrected chi connectivity index (χ3v) is 7.45. The van der Waals surface area contributed by atoms with E-state index in [1.165, 1.54) is 36.4 Å². The number of benzene rings is 3. The van der Waals surface area contributed by atoms with Gasteiger partial charge in [0.15, 0.2) is 33.7 Å². The van der Waals surface area contributed by atoms with E-state index in [4.69, 9.17) is 28.9 Å². The zero-order valence-corrected chi connectivity index (χ0v) is 22.3. The van der Waals surface area contributed by atoms with E-state index in [9.17, 15) is 27.1 Å². The molecule has 0 saturated heterocycles. The van der Waals surface area contributed by atoms with Crippen LogP contribution in [0.4, 0.5) is 28.7 Å². The Labute approximate surface area is 234 Å². The molecule has 0 spiro atoms. The highest BCUT2D eigenvalue weighted by Gasteiger charge is 2.35. The maximum absolute atomic E-state index is 13.5. The van der Waals surface area contributed by atoms with Gasteiger partial charge in [-0.2, -0.15) is 15.0 Å². The second kappa shape index (κ2) is 10.4. The lowest BCUT2D eigenvalue weighted by Gasteiger charge is -2.23. The topological polar surface area (TPSA) is 197 Å². The Balaban J connectivity index is 1.64. The Kier molecular flexibility index (Phi) is 7.15. The number of nitrogen functional groups attached to an aromatic ring is 1. The number of carbonyl (C=O) groups excluding carboxylic acids is 2. The number of halogens is 2. The monoisotopic (exact) mass is 604 g/mol. The Morgan fingerprint density at radius 2 is 1.33 bits per heavy atom. The van der Waals surface area contributed by atoms with Crippen LogP contribution in [0.15, 0.2) is 58.3 Å². The fourth-order valence-corrected chi connectivity index (χ4v) is 5.41. The number of fused-ring (bicyclic) bond motifs is 2. The molecule has 12 nitrogen and oxygen atoms in total. The maximum atomic E-state index is 13.5. The molecule has 16 heteroatoms. The van der Waals surface area contributed by atoms with Crippen LogP contribution in [0.3, 0.4) is 0 Å². The first kappa shape index (κ1) is 26.8. The molecule has 6 N–H and O–H groups in total. The first-order valence-electron chi connectivity index (χ1n) is 10.7. The van der Waals surface area contributed by atoms with Crippen molar-refractivity contribution in [3.8, 4) is 0 Å². The van der Waals surface area contributed by atoms with Gasteiger partial charge in [-0.05, 0) is 47.5 Å². The van der Waals surface area contributed by atoms with Crippen LogP contribution in [0.1, 0.15) is 31.8 Å². The minimum absolute atomic E-state index is 0.0134. The highest BCUT2D eigenvalue weighted by molar-refractivity contribution is 7.79. The highest BCUT2D eigenvalue weighted by Crippen LogP contribution is 2.40. The molecule has 1 aliphatic carbocycles. The minimum Gasteiger partial charge on any atom is -0.397 e. The van der Waals surface area contributed by atoms with Gasteiger partial charge in [-0.15, -0.1) is 0 Å². The zero-order chi connectivity index (χ0) is 28.0. The van der Waals surface area contributed by atoms with Gasteiger partial charge < -0.3 is 25.5 Å². The fourth-order valence-electron chi connectivity index (χ4n) is 4.05. The first-order chi connectivity index (χ1) is 18.5. The Morgan fingerprint density at radius 3 is 1.92 bits per heavy atom. The number of anilines is 5. The van der Waals surface area contributed by atoms with Gasteiger partial charge in [-0.3, -0.25) is 9.59 Å². The van der Waals surface area contributed by atoms with Crippen molar-refractivity contribution < 1.29 is 27.1 Å². The molecule has 0 saturated carbocycles. The molecule has 5 rings (SSSR count). The molecule has 39 heavy (non-hydrogen) atoms. The largest absolute Gasteiger partial charge is 0.397 e. The summed E-state index contributed by atoms with van der Waals surface area (Å²) in [6, 6.07) is 11.5. The molecule has 4 aromatic rings. The molecule has 2 atom stereocenters. The van der Waals surface area contributed by atoms with E-state index in [1.807, 2.05) is 0 Å². The number of nitrogens with one attached hydrogen (secondary N) is 2. The Bertz CT molecular complexity index is 1750. The molecule has 3 aromatic carbocycles. The molecule has 1 heterocycles. The van der Waals surface area contributed by atoms with Gasteiger partial charge in [0.05, 0.1) is 38.0 Å². The zero-order valence-electron chi connectivity index (χ0n) is 19.1. The molecule has 1 aromatic heterocycles. The molecular weight excluding hydrogens is 591 g/mol. The number of aromatic nitrogens is 3. The number of nitrogens with zero attached hydrogens (tertiary/aromatic N) is 3. The van der Waals surface area contributed by atoms with Gasteiger partial charge in [0.1, 0.15) is 0 Å². The van der Waals surface area contributed by atoms with E-state index in [2.05, 4.69) is 25.6 Å². The van der Waals surface area contributed by atoms with Crippen LogP contribution in [0, 0.1) is 0 Å². The van der Waals surface area contributed by atoms with E-state index in [0.29, 0.717) is 0 Å². The fraction of sp³-hybridized carbons (Fsp3) is 0. The third-order valence-electron chi connectivity index (χ3n) is 5.66. The lowest BCUT2D eigenvalue weighted by atomic mass is 9.82. The smallest absolute Gasteiger partial charge is 0.232 e. The molecule has 1 aliphatic rings. The van der Waals surface area contributed by atoms with Crippen LogP contribution in [0.5, 0.6) is 0 Å². The average molecular weight is 605 g/mol. The van der Waals surface area contributed by atoms with Crippen molar-refractivity contribution in [2.45, 2.75) is 9.79 Å². The van der Waals surface area contributed by atoms with Gasteiger partial charge in [0, 0.05) is 16.8 Å². The van der Waals surface area contributed by atoms with Crippen molar-refractivity contribution >= 4 is 85.6 Å². The first-order valence-corrected chi connectivity index (χ1v) is 13.6. The van der Waals surface area contributed by atoms with Gasteiger partial charge in [-0.1, -0.05) is 24.3 Å². The van der Waals surface area contributed by atoms with Crippen LogP contribution in [-0.2, 0) is 22.2 Å². The summed E-state index contributed by atoms with van der Waals surface area (Å²) in [6.45, 7) is 0. The molecule has 0 amide bonds. The summed E-state index contributed by atoms with van der Waals surface area (Å²) in [6.07, 6.45) is 0. The number of hydrogen-bond acceptors (Lipinski definition) is 10. The predicted molar refractivity (Wildman–Crippen MR) is 145 cm³/mol. The van der Waals surface area contributed by atoms with Crippen molar-refractivity contribution in [2.75, 3.05) is 16.4 Å². The summed E-state index contributed by atoms with van der Waals surface area (Å²) in [4.78, 5) is 37.9. The van der Waals surface area contributed by atoms with E-state index in [-0.39, 0.29) is 71.3 Å². The average Bonchev–Trinajstić information content (AvgIpc) is 2.87. The molecular formula is C23H14Cl2N6O6S2. The number of carbonyl (C=O) groups is 2. The standard InChI is InChI=1S/C23H14Cl2N6O6S2/c24-21-29-22(25)31-23(30-21)28-12-7-9(5-6-14(12)38(34)35)27-13-8-15(39(36)37)18(26)17-16(13)19(32)10-3-1-2-4-11(10)20(17)33/h1-8,27H,26H2,(H,34,35)(H,36,37)(H,28,29,30,31). The normalized spacial score (nSPS) is 13.8. The predicted octanol–water partition coefficient (Wildman–Crippen LogP) is 4.18. The van der Waals surface area contributed by atoms with Crippen molar-refractivity contribution in [3.05, 3.63) is 81.4 Å². The second-order valence-electron chi connectivity index (χ2n) is 7.95. The lowest BCUT2D eigenvalue weighted by molar-refractivity contribution is 0.0980. The number of nitrogens with two attached hydrogens (primary N) is 1. The van der Waals surface area contributed by atoms with Gasteiger partial charge in [0.25, 0.3) is 0 Å². The van der Waals surface area contributed by atoms with E-state index in [0.717, 1.165) is 0 Å².